The van der Waals surface area contributed by atoms with E-state index in [1.54, 1.807) is 34.9 Å². The van der Waals surface area contributed by atoms with E-state index in [-0.39, 0.29) is 69.3 Å². The molecule has 10 rings (SSSR count). The molecule has 10 aromatic rings. The summed E-state index contributed by atoms with van der Waals surface area (Å²) in [5.74, 6) is -1.58. The first-order chi connectivity index (χ1) is 38.7. The molecular formula is C51H45ClN10O20. The Bertz CT molecular complexity index is 4260. The van der Waals surface area contributed by atoms with Crippen molar-refractivity contribution in [2.45, 2.75) is 59.7 Å². The number of H-pyrrole nitrogens is 1. The summed E-state index contributed by atoms with van der Waals surface area (Å²) in [6.45, 7) is 11.3. The molecule has 0 fully saturated rings. The highest BCUT2D eigenvalue weighted by Gasteiger charge is 2.18. The van der Waals surface area contributed by atoms with Crippen molar-refractivity contribution in [3.63, 3.8) is 0 Å². The zero-order chi connectivity index (χ0) is 60.3. The van der Waals surface area contributed by atoms with E-state index in [0.29, 0.717) is 39.1 Å². The summed E-state index contributed by atoms with van der Waals surface area (Å²) in [5, 5.41) is 44.2. The molecule has 426 valence electrons. The molecule has 0 aliphatic carbocycles. The lowest BCUT2D eigenvalue weighted by Crippen LogP contribution is -2.17. The molecule has 0 saturated heterocycles. The number of oxazole rings is 4. The van der Waals surface area contributed by atoms with Crippen molar-refractivity contribution in [3.05, 3.63) is 204 Å². The van der Waals surface area contributed by atoms with E-state index in [1.165, 1.54) is 100 Å². The third kappa shape index (κ3) is 15.1. The molecule has 0 atom stereocenters. The topological polar surface area (TPSA) is 415 Å². The van der Waals surface area contributed by atoms with Gasteiger partial charge in [0.2, 0.25) is 0 Å². The van der Waals surface area contributed by atoms with Gasteiger partial charge in [0.1, 0.15) is 11.5 Å². The Morgan fingerprint density at radius 3 is 1.33 bits per heavy atom. The zero-order valence-corrected chi connectivity index (χ0v) is 44.3. The molecule has 0 radical (unpaired) electrons. The number of nitrogens with one attached hydrogen (secondary N) is 2. The molecule has 0 aliphatic heterocycles. The van der Waals surface area contributed by atoms with Gasteiger partial charge in [0, 0.05) is 89.6 Å². The minimum Gasteiger partial charge on any atom is -0.414 e. The molecule has 0 aliphatic rings. The summed E-state index contributed by atoms with van der Waals surface area (Å²) in [5.41, 5.74) is 9.00. The summed E-state index contributed by atoms with van der Waals surface area (Å²) in [6, 6.07) is 28.2. The van der Waals surface area contributed by atoms with Crippen molar-refractivity contribution in [2.75, 3.05) is 11.1 Å². The number of non-ortho nitro benzene ring substituents is 4. The summed E-state index contributed by atoms with van der Waals surface area (Å²) in [6.07, 6.45) is -0.774. The molecule has 0 spiro atoms. The Kier molecular flexibility index (Phi) is 19.0. The molecule has 6 aromatic carbocycles. The fraction of sp³-hybridized carbons (Fsp3) is 0.176. The largest absolute Gasteiger partial charge is 0.420 e. The van der Waals surface area contributed by atoms with Crippen LogP contribution in [0.5, 0.6) is 11.5 Å². The fourth-order valence-corrected chi connectivity index (χ4v) is 7.52. The lowest BCUT2D eigenvalue weighted by atomic mass is 10.2. The van der Waals surface area contributed by atoms with Crippen molar-refractivity contribution in [1.82, 2.24) is 18.7 Å². The second-order valence-electron chi connectivity index (χ2n) is 17.6. The van der Waals surface area contributed by atoms with Gasteiger partial charge in [-0.25, -0.2) is 28.8 Å². The van der Waals surface area contributed by atoms with Gasteiger partial charge in [-0.2, -0.15) is 0 Å². The molecule has 82 heavy (non-hydrogen) atoms. The number of fused-ring (bicyclic) bond motifs is 4. The third-order valence-corrected chi connectivity index (χ3v) is 11.1. The number of aromatic amines is 1. The lowest BCUT2D eigenvalue weighted by Gasteiger charge is -2.07. The van der Waals surface area contributed by atoms with E-state index in [0.717, 1.165) is 5.52 Å². The van der Waals surface area contributed by atoms with Crippen molar-refractivity contribution < 1.29 is 56.4 Å². The summed E-state index contributed by atoms with van der Waals surface area (Å²) < 4.78 is 33.9. The number of nitrogens with two attached hydrogens (primary N) is 1. The number of carbonyl (C=O) groups is 2. The summed E-state index contributed by atoms with van der Waals surface area (Å²) >= 11 is 4.92. The van der Waals surface area contributed by atoms with E-state index < -0.39 is 48.5 Å². The minimum absolute atomic E-state index is 0.0461. The van der Waals surface area contributed by atoms with Gasteiger partial charge in [0.15, 0.2) is 22.3 Å². The molecule has 4 N–H and O–H groups in total. The normalized spacial score (nSPS) is 10.7. The number of carbonyl (C=O) groups excluding carboxylic acids is 2. The van der Waals surface area contributed by atoms with Crippen molar-refractivity contribution in [1.29, 1.82) is 0 Å². The first kappa shape index (κ1) is 60.1. The second kappa shape index (κ2) is 26.0. The number of aromatic nitrogens is 4. The standard InChI is InChI=1S/C17H15N3O6.C10H10N2O4.C10H12N2O2.C7H4ClNO4.C7H4N2O4/c1-10(2)19-14-8-3-11(9-15(14)26-17(19)22)18-16(21)25-13-6-4-12(5-7-13)20(23)24;1-6(2)11-8-4-3-7(12(14)15)5-9(8)16-10(11)13;1-6(2)12-8-4-3-7(11)5-9(8)14-10(12)13;8-7(10)13-6-3-1-5(2-4-6)9(11)12;10-7-8-5-2-1-4(9(11)12)3-6(5)13-7/h3-10H,1-2H3,(H,18,21);3-6H,1-2H3;3-6H,11H2,1-2H3;1-4H;1-3H,(H,8,10). The van der Waals surface area contributed by atoms with E-state index in [1.807, 2.05) is 41.5 Å². The van der Waals surface area contributed by atoms with Gasteiger partial charge in [0.25, 0.3) is 22.7 Å². The first-order valence-electron chi connectivity index (χ1n) is 23.7. The summed E-state index contributed by atoms with van der Waals surface area (Å²) in [7, 11) is 0. The highest BCUT2D eigenvalue weighted by atomic mass is 35.5. The van der Waals surface area contributed by atoms with Crippen LogP contribution in [0.25, 0.3) is 44.4 Å². The number of ether oxygens (including phenoxy) is 2. The summed E-state index contributed by atoms with van der Waals surface area (Å²) in [4.78, 5) is 110. The van der Waals surface area contributed by atoms with Gasteiger partial charge >= 0.3 is 34.5 Å². The molecule has 0 bridgehead atoms. The van der Waals surface area contributed by atoms with Crippen LogP contribution in [0.15, 0.2) is 158 Å². The Labute approximate surface area is 461 Å². The maximum Gasteiger partial charge on any atom is 0.420 e. The van der Waals surface area contributed by atoms with Crippen LogP contribution in [0.4, 0.5) is 43.7 Å². The van der Waals surface area contributed by atoms with E-state index in [9.17, 15) is 69.2 Å². The minimum atomic E-state index is -0.978. The average molecular weight is 1150 g/mol. The number of anilines is 2. The lowest BCUT2D eigenvalue weighted by molar-refractivity contribution is -0.385. The van der Waals surface area contributed by atoms with Crippen LogP contribution in [0.2, 0.25) is 0 Å². The maximum atomic E-state index is 12.0. The number of hydrogen-bond acceptors (Lipinski definition) is 21. The Morgan fingerprint density at radius 1 is 0.512 bits per heavy atom. The molecule has 31 heteroatoms. The van der Waals surface area contributed by atoms with Crippen LogP contribution in [0.3, 0.4) is 0 Å². The molecule has 4 heterocycles. The fourth-order valence-electron chi connectivity index (χ4n) is 7.44. The molecule has 1 amide bonds. The number of amides is 1. The zero-order valence-electron chi connectivity index (χ0n) is 43.5. The van der Waals surface area contributed by atoms with Gasteiger partial charge in [0.05, 0.1) is 53.9 Å². The molecular weight excluding hydrogens is 1110 g/mol. The van der Waals surface area contributed by atoms with Crippen LogP contribution < -0.4 is 43.5 Å². The molecule has 0 saturated carbocycles. The Hall–Kier alpha value is -11.2. The van der Waals surface area contributed by atoms with Crippen LogP contribution in [0, 0.1) is 40.5 Å². The highest BCUT2D eigenvalue weighted by Crippen LogP contribution is 2.25. The monoisotopic (exact) mass is 1150 g/mol. The Morgan fingerprint density at radius 2 is 0.890 bits per heavy atom. The van der Waals surface area contributed by atoms with Gasteiger partial charge in [-0.15, -0.1) is 0 Å². The maximum absolute atomic E-state index is 12.0. The second-order valence-corrected chi connectivity index (χ2v) is 17.9. The van der Waals surface area contributed by atoms with Gasteiger partial charge < -0.3 is 32.9 Å². The van der Waals surface area contributed by atoms with Gasteiger partial charge in [-0.3, -0.25) is 64.5 Å². The van der Waals surface area contributed by atoms with Crippen molar-refractivity contribution in [2.24, 2.45) is 0 Å². The predicted molar refractivity (Wildman–Crippen MR) is 295 cm³/mol. The predicted octanol–water partition coefficient (Wildman–Crippen LogP) is 10.9. The number of nitrogens with zero attached hydrogens (tertiary/aromatic N) is 7. The van der Waals surface area contributed by atoms with Crippen molar-refractivity contribution >= 4 is 102 Å². The molecule has 0 unspecified atom stereocenters. The quantitative estimate of drug-likeness (QED) is 0.0495. The number of nitro benzene ring substituents is 4. The van der Waals surface area contributed by atoms with E-state index >= 15 is 0 Å². The number of hydrogen-bond donors (Lipinski definition) is 3. The number of halogens is 1. The highest BCUT2D eigenvalue weighted by molar-refractivity contribution is 6.61. The van der Waals surface area contributed by atoms with Crippen LogP contribution in [-0.2, 0) is 0 Å². The molecule has 30 nitrogen and oxygen atoms in total. The van der Waals surface area contributed by atoms with Crippen LogP contribution >= 0.6 is 11.6 Å². The van der Waals surface area contributed by atoms with E-state index in [2.05, 4.69) is 19.5 Å². The van der Waals surface area contributed by atoms with Crippen molar-refractivity contribution in [3.8, 4) is 11.5 Å². The third-order valence-electron chi connectivity index (χ3n) is 11.0. The van der Waals surface area contributed by atoms with Gasteiger partial charge in [-0.1, -0.05) is 0 Å². The first-order valence-corrected chi connectivity index (χ1v) is 24.1. The van der Waals surface area contributed by atoms with Crippen LogP contribution in [0.1, 0.15) is 59.7 Å². The van der Waals surface area contributed by atoms with Crippen LogP contribution in [-0.4, -0.2) is 49.9 Å². The number of nitrogen functional groups attached to an aromatic ring is 1. The smallest absolute Gasteiger partial charge is 0.414 e. The number of benzene rings is 6. The SMILES string of the molecule is CC(C)n1c(=O)oc2cc(N)ccc21.CC(C)n1c(=O)oc2cc(NC(=O)Oc3ccc([N+](=O)[O-])cc3)ccc21.CC(C)n1c(=O)oc2cc([N+](=O)[O-])ccc21.O=C(Cl)Oc1ccc([N+](=O)[O-])cc1.O=c1[nH]c2ccc([N+](=O)[O-])cc2o1. The molecule has 4 aromatic heterocycles. The average Bonchev–Trinajstić information content (AvgIpc) is 4.34. The number of rotatable bonds is 10. The van der Waals surface area contributed by atoms with Gasteiger partial charge in [-0.05, 0) is 102 Å². The Balaban J connectivity index is 0.000000170. The number of nitro groups is 4. The van der Waals surface area contributed by atoms with E-state index in [4.69, 9.17) is 35.3 Å².